The van der Waals surface area contributed by atoms with Crippen LogP contribution in [-0.2, 0) is 30.4 Å². The van der Waals surface area contributed by atoms with E-state index in [0.29, 0.717) is 19.4 Å². The molecular formula is C18H22O5. The highest BCUT2D eigenvalue weighted by Crippen LogP contribution is 2.32. The Morgan fingerprint density at radius 2 is 1.52 bits per heavy atom. The summed E-state index contributed by atoms with van der Waals surface area (Å²) in [6.45, 7) is 4.09. The molecule has 0 radical (unpaired) electrons. The Balaban J connectivity index is 1.71. The second-order valence-corrected chi connectivity index (χ2v) is 6.49. The standard InChI is InChI=1S/C18H22O5/c1-11-8-14(22-17(11)19)16(15-9-12(2)18(20)23-15)21-10-13-6-4-3-5-7-13/h3-7,11-12,14-16H,8-10H2,1-2H3/t11-,12-,14+,15+/m1/s1. The van der Waals surface area contributed by atoms with Crippen LogP contribution in [-0.4, -0.2) is 30.3 Å². The van der Waals surface area contributed by atoms with Crippen LogP contribution in [0.3, 0.4) is 0 Å². The summed E-state index contributed by atoms with van der Waals surface area (Å²) >= 11 is 0. The predicted octanol–water partition coefficient (Wildman–Crippen LogP) is 2.48. The van der Waals surface area contributed by atoms with Gasteiger partial charge in [0.15, 0.2) is 0 Å². The van der Waals surface area contributed by atoms with Crippen molar-refractivity contribution in [1.82, 2.24) is 0 Å². The summed E-state index contributed by atoms with van der Waals surface area (Å²) in [6, 6.07) is 9.79. The van der Waals surface area contributed by atoms with Crippen molar-refractivity contribution in [2.75, 3.05) is 0 Å². The first-order chi connectivity index (χ1) is 11.0. The zero-order valence-electron chi connectivity index (χ0n) is 13.4. The Kier molecular flexibility index (Phi) is 4.66. The highest BCUT2D eigenvalue weighted by Gasteiger charge is 2.45. The van der Waals surface area contributed by atoms with E-state index in [0.717, 1.165) is 5.56 Å². The first-order valence-corrected chi connectivity index (χ1v) is 8.11. The van der Waals surface area contributed by atoms with Crippen LogP contribution in [0.15, 0.2) is 30.3 Å². The predicted molar refractivity (Wildman–Crippen MR) is 82.3 cm³/mol. The summed E-state index contributed by atoms with van der Waals surface area (Å²) in [5.41, 5.74) is 1.03. The fourth-order valence-corrected chi connectivity index (χ4v) is 3.14. The molecule has 0 saturated carbocycles. The van der Waals surface area contributed by atoms with E-state index in [9.17, 15) is 9.59 Å². The molecule has 0 aromatic heterocycles. The van der Waals surface area contributed by atoms with Crippen molar-refractivity contribution in [2.24, 2.45) is 11.8 Å². The van der Waals surface area contributed by atoms with Gasteiger partial charge in [0.05, 0.1) is 18.4 Å². The van der Waals surface area contributed by atoms with E-state index >= 15 is 0 Å². The quantitative estimate of drug-likeness (QED) is 0.781. The lowest BCUT2D eigenvalue weighted by Gasteiger charge is -2.27. The van der Waals surface area contributed by atoms with Crippen LogP contribution in [0.2, 0.25) is 0 Å². The molecule has 2 aliphatic heterocycles. The van der Waals surface area contributed by atoms with Gasteiger partial charge >= 0.3 is 11.9 Å². The van der Waals surface area contributed by atoms with Crippen molar-refractivity contribution in [3.8, 4) is 0 Å². The van der Waals surface area contributed by atoms with Gasteiger partial charge in [-0.15, -0.1) is 0 Å². The molecule has 0 N–H and O–H groups in total. The molecule has 2 fully saturated rings. The molecule has 5 nitrogen and oxygen atoms in total. The topological polar surface area (TPSA) is 61.8 Å². The SMILES string of the molecule is C[C@@H]1C[C@@H](C(OCc2ccccc2)[C@@H]2C[C@@H](C)C(=O)O2)OC1=O. The van der Waals surface area contributed by atoms with Crippen LogP contribution < -0.4 is 0 Å². The molecule has 0 aliphatic carbocycles. The van der Waals surface area contributed by atoms with Crippen molar-refractivity contribution in [2.45, 2.75) is 51.6 Å². The first kappa shape index (κ1) is 16.0. The van der Waals surface area contributed by atoms with Gasteiger partial charge in [0.1, 0.15) is 18.3 Å². The van der Waals surface area contributed by atoms with Gasteiger partial charge < -0.3 is 14.2 Å². The maximum absolute atomic E-state index is 11.7. The average molecular weight is 318 g/mol. The number of esters is 2. The normalized spacial score (nSPS) is 30.6. The third-order valence-corrected chi connectivity index (χ3v) is 4.53. The first-order valence-electron chi connectivity index (χ1n) is 8.11. The van der Waals surface area contributed by atoms with E-state index in [1.165, 1.54) is 0 Å². The van der Waals surface area contributed by atoms with Gasteiger partial charge in [0, 0.05) is 12.8 Å². The van der Waals surface area contributed by atoms with Gasteiger partial charge in [-0.2, -0.15) is 0 Å². The van der Waals surface area contributed by atoms with Crippen molar-refractivity contribution in [3.63, 3.8) is 0 Å². The zero-order valence-corrected chi connectivity index (χ0v) is 13.4. The summed E-state index contributed by atoms with van der Waals surface area (Å²) in [7, 11) is 0. The number of cyclic esters (lactones) is 2. The van der Waals surface area contributed by atoms with E-state index in [2.05, 4.69) is 0 Å². The summed E-state index contributed by atoms with van der Waals surface area (Å²) in [5, 5.41) is 0. The molecule has 1 aromatic rings. The lowest BCUT2D eigenvalue weighted by atomic mass is 9.96. The highest BCUT2D eigenvalue weighted by atomic mass is 16.6. The number of ether oxygens (including phenoxy) is 3. The van der Waals surface area contributed by atoms with E-state index in [1.807, 2.05) is 44.2 Å². The molecule has 0 unspecified atom stereocenters. The second kappa shape index (κ2) is 6.71. The molecule has 2 heterocycles. The molecule has 23 heavy (non-hydrogen) atoms. The van der Waals surface area contributed by atoms with Gasteiger partial charge in [-0.25, -0.2) is 0 Å². The summed E-state index contributed by atoms with van der Waals surface area (Å²) < 4.78 is 16.9. The van der Waals surface area contributed by atoms with Crippen LogP contribution in [0, 0.1) is 11.8 Å². The molecule has 0 amide bonds. The fourth-order valence-electron chi connectivity index (χ4n) is 3.14. The van der Waals surface area contributed by atoms with Crippen LogP contribution >= 0.6 is 0 Å². The average Bonchev–Trinajstić information content (AvgIpc) is 3.04. The number of carbonyl (C=O) groups excluding carboxylic acids is 2. The molecule has 0 bridgehead atoms. The summed E-state index contributed by atoms with van der Waals surface area (Å²) in [5.74, 6) is -0.698. The molecule has 5 heteroatoms. The van der Waals surface area contributed by atoms with E-state index in [4.69, 9.17) is 14.2 Å². The Labute approximate surface area is 135 Å². The van der Waals surface area contributed by atoms with Crippen LogP contribution in [0.1, 0.15) is 32.3 Å². The third-order valence-electron chi connectivity index (χ3n) is 4.53. The number of hydrogen-bond donors (Lipinski definition) is 0. The van der Waals surface area contributed by atoms with Gasteiger partial charge in [0.25, 0.3) is 0 Å². The molecule has 2 saturated heterocycles. The number of benzene rings is 1. The third kappa shape index (κ3) is 3.55. The Bertz CT molecular complexity index is 540. The van der Waals surface area contributed by atoms with Crippen molar-refractivity contribution in [3.05, 3.63) is 35.9 Å². The minimum absolute atomic E-state index is 0.141. The van der Waals surface area contributed by atoms with E-state index in [-0.39, 0.29) is 36.0 Å². The minimum Gasteiger partial charge on any atom is -0.459 e. The Morgan fingerprint density at radius 1 is 1.00 bits per heavy atom. The molecule has 1 aromatic carbocycles. The Hall–Kier alpha value is -1.88. The second-order valence-electron chi connectivity index (χ2n) is 6.49. The fraction of sp³-hybridized carbons (Fsp3) is 0.556. The number of carbonyl (C=O) groups is 2. The lowest BCUT2D eigenvalue weighted by molar-refractivity contribution is -0.163. The molecule has 0 spiro atoms. The smallest absolute Gasteiger partial charge is 0.309 e. The van der Waals surface area contributed by atoms with Crippen molar-refractivity contribution >= 4 is 11.9 Å². The molecule has 3 rings (SSSR count). The monoisotopic (exact) mass is 318 g/mol. The number of rotatable bonds is 5. The van der Waals surface area contributed by atoms with Gasteiger partial charge in [-0.05, 0) is 5.56 Å². The highest BCUT2D eigenvalue weighted by molar-refractivity contribution is 5.75. The molecule has 2 aliphatic rings. The van der Waals surface area contributed by atoms with Crippen LogP contribution in [0.25, 0.3) is 0 Å². The number of hydrogen-bond acceptors (Lipinski definition) is 5. The van der Waals surface area contributed by atoms with Gasteiger partial charge in [-0.1, -0.05) is 44.2 Å². The van der Waals surface area contributed by atoms with Crippen molar-refractivity contribution in [1.29, 1.82) is 0 Å². The minimum atomic E-state index is -0.419. The maximum atomic E-state index is 11.7. The van der Waals surface area contributed by atoms with Gasteiger partial charge in [0.2, 0.25) is 0 Å². The summed E-state index contributed by atoms with van der Waals surface area (Å²) in [6.07, 6.45) is 0.0631. The lowest BCUT2D eigenvalue weighted by Crippen LogP contribution is -2.39. The van der Waals surface area contributed by atoms with Gasteiger partial charge in [-0.3, -0.25) is 9.59 Å². The molecule has 124 valence electrons. The van der Waals surface area contributed by atoms with Crippen LogP contribution in [0.5, 0.6) is 0 Å². The maximum Gasteiger partial charge on any atom is 0.309 e. The summed E-state index contributed by atoms with van der Waals surface area (Å²) in [4.78, 5) is 23.4. The van der Waals surface area contributed by atoms with E-state index in [1.54, 1.807) is 0 Å². The van der Waals surface area contributed by atoms with E-state index < -0.39 is 6.10 Å². The zero-order chi connectivity index (χ0) is 16.4. The Morgan fingerprint density at radius 3 is 1.96 bits per heavy atom. The molecular weight excluding hydrogens is 296 g/mol. The van der Waals surface area contributed by atoms with Crippen LogP contribution in [0.4, 0.5) is 0 Å². The van der Waals surface area contributed by atoms with Crippen molar-refractivity contribution < 1.29 is 23.8 Å². The largest absolute Gasteiger partial charge is 0.459 e. The molecule has 4 atom stereocenters.